The predicted molar refractivity (Wildman–Crippen MR) is 82.2 cm³/mol. The summed E-state index contributed by atoms with van der Waals surface area (Å²) in [4.78, 5) is 11.4. The number of carbonyl (C=O) groups excluding carboxylic acids is 1. The van der Waals surface area contributed by atoms with Crippen molar-refractivity contribution in [2.24, 2.45) is 0 Å². The molecular weight excluding hydrogens is 276 g/mol. The van der Waals surface area contributed by atoms with Crippen molar-refractivity contribution in [1.29, 1.82) is 0 Å². The Balaban J connectivity index is 2.49. The second kappa shape index (κ2) is 8.82. The zero-order chi connectivity index (χ0) is 15.0. The summed E-state index contributed by atoms with van der Waals surface area (Å²) in [5, 5.41) is 6.59. The number of halogens is 1. The van der Waals surface area contributed by atoms with E-state index in [0.29, 0.717) is 23.4 Å². The second-order valence-corrected chi connectivity index (χ2v) is 5.35. The molecule has 0 aliphatic rings. The highest BCUT2D eigenvalue weighted by Gasteiger charge is 2.06. The van der Waals surface area contributed by atoms with E-state index in [1.54, 1.807) is 6.07 Å². The summed E-state index contributed by atoms with van der Waals surface area (Å²) >= 11 is 6.15. The van der Waals surface area contributed by atoms with E-state index in [2.05, 4.69) is 24.5 Å². The topological polar surface area (TPSA) is 50.4 Å². The van der Waals surface area contributed by atoms with Gasteiger partial charge in [-0.2, -0.15) is 0 Å². The number of hydrogen-bond donors (Lipinski definition) is 2. The van der Waals surface area contributed by atoms with Gasteiger partial charge < -0.3 is 15.4 Å². The fraction of sp³-hybridized carbons (Fsp3) is 0.533. The molecule has 0 saturated heterocycles. The maximum atomic E-state index is 11.4. The average molecular weight is 299 g/mol. The van der Waals surface area contributed by atoms with Gasteiger partial charge in [0.2, 0.25) is 0 Å². The standard InChI is InChI=1S/C15H23ClN2O2/c1-4-7-17-15(19)10-20-14-6-5-12(8-13(14)16)9-18-11(2)3/h5-6,8,11,18H,4,7,9-10H2,1-3H3,(H,17,19). The van der Waals surface area contributed by atoms with E-state index in [0.717, 1.165) is 18.5 Å². The molecule has 0 bridgehead atoms. The largest absolute Gasteiger partial charge is 0.482 e. The SMILES string of the molecule is CCCNC(=O)COc1ccc(CNC(C)C)cc1Cl. The lowest BCUT2D eigenvalue weighted by molar-refractivity contribution is -0.123. The first-order chi connectivity index (χ1) is 9.52. The third-order valence-electron chi connectivity index (χ3n) is 2.64. The molecule has 0 spiro atoms. The molecule has 20 heavy (non-hydrogen) atoms. The van der Waals surface area contributed by atoms with Crippen LogP contribution in [0.2, 0.25) is 5.02 Å². The Morgan fingerprint density at radius 2 is 2.15 bits per heavy atom. The van der Waals surface area contributed by atoms with E-state index in [-0.39, 0.29) is 12.5 Å². The molecule has 0 fully saturated rings. The normalized spacial score (nSPS) is 10.7. The molecule has 0 saturated carbocycles. The number of hydrogen-bond acceptors (Lipinski definition) is 3. The van der Waals surface area contributed by atoms with Crippen LogP contribution in [0.1, 0.15) is 32.8 Å². The highest BCUT2D eigenvalue weighted by molar-refractivity contribution is 6.32. The van der Waals surface area contributed by atoms with Crippen molar-refractivity contribution in [2.45, 2.75) is 39.8 Å². The third-order valence-corrected chi connectivity index (χ3v) is 2.94. The molecule has 1 amide bonds. The summed E-state index contributed by atoms with van der Waals surface area (Å²) in [5.74, 6) is 0.403. The number of ether oxygens (including phenoxy) is 1. The van der Waals surface area contributed by atoms with Crippen LogP contribution in [0.15, 0.2) is 18.2 Å². The Morgan fingerprint density at radius 1 is 1.40 bits per heavy atom. The second-order valence-electron chi connectivity index (χ2n) is 4.94. The maximum absolute atomic E-state index is 11.4. The van der Waals surface area contributed by atoms with Crippen molar-refractivity contribution in [2.75, 3.05) is 13.2 Å². The molecule has 2 N–H and O–H groups in total. The molecule has 1 rings (SSSR count). The van der Waals surface area contributed by atoms with Crippen molar-refractivity contribution in [3.8, 4) is 5.75 Å². The summed E-state index contributed by atoms with van der Waals surface area (Å²) < 4.78 is 5.41. The van der Waals surface area contributed by atoms with E-state index >= 15 is 0 Å². The van der Waals surface area contributed by atoms with Gasteiger partial charge in [-0.1, -0.05) is 38.4 Å². The molecular formula is C15H23ClN2O2. The van der Waals surface area contributed by atoms with E-state index < -0.39 is 0 Å². The fourth-order valence-corrected chi connectivity index (χ4v) is 1.81. The Morgan fingerprint density at radius 3 is 2.75 bits per heavy atom. The Kier molecular flexibility index (Phi) is 7.41. The van der Waals surface area contributed by atoms with Crippen molar-refractivity contribution in [3.63, 3.8) is 0 Å². The van der Waals surface area contributed by atoms with Crippen LogP contribution >= 0.6 is 11.6 Å². The van der Waals surface area contributed by atoms with Gasteiger partial charge in [-0.15, -0.1) is 0 Å². The van der Waals surface area contributed by atoms with Crippen molar-refractivity contribution in [1.82, 2.24) is 10.6 Å². The van der Waals surface area contributed by atoms with Gasteiger partial charge in [-0.05, 0) is 24.1 Å². The minimum atomic E-state index is -0.131. The average Bonchev–Trinajstić information content (AvgIpc) is 2.41. The van der Waals surface area contributed by atoms with E-state index in [9.17, 15) is 4.79 Å². The minimum absolute atomic E-state index is 0.0106. The summed E-state index contributed by atoms with van der Waals surface area (Å²) in [6, 6.07) is 6.02. The number of rotatable bonds is 8. The van der Waals surface area contributed by atoms with Crippen LogP contribution in [0, 0.1) is 0 Å². The van der Waals surface area contributed by atoms with Gasteiger partial charge in [-0.25, -0.2) is 0 Å². The zero-order valence-corrected chi connectivity index (χ0v) is 13.1. The number of nitrogens with one attached hydrogen (secondary N) is 2. The van der Waals surface area contributed by atoms with Crippen LogP contribution in [0.4, 0.5) is 0 Å². The molecule has 5 heteroatoms. The lowest BCUT2D eigenvalue weighted by atomic mass is 10.2. The Bertz CT molecular complexity index is 436. The van der Waals surface area contributed by atoms with E-state index in [4.69, 9.17) is 16.3 Å². The van der Waals surface area contributed by atoms with Crippen LogP contribution in [0.25, 0.3) is 0 Å². The van der Waals surface area contributed by atoms with Gasteiger partial charge in [0.15, 0.2) is 6.61 Å². The van der Waals surface area contributed by atoms with Gasteiger partial charge in [-0.3, -0.25) is 4.79 Å². The molecule has 0 radical (unpaired) electrons. The molecule has 0 heterocycles. The molecule has 1 aromatic carbocycles. The smallest absolute Gasteiger partial charge is 0.257 e. The molecule has 0 aromatic heterocycles. The van der Waals surface area contributed by atoms with Crippen LogP contribution in [-0.4, -0.2) is 25.1 Å². The molecule has 0 aliphatic heterocycles. The molecule has 0 unspecified atom stereocenters. The van der Waals surface area contributed by atoms with Crippen LogP contribution < -0.4 is 15.4 Å². The van der Waals surface area contributed by atoms with E-state index in [1.165, 1.54) is 0 Å². The highest BCUT2D eigenvalue weighted by Crippen LogP contribution is 2.25. The summed E-state index contributed by atoms with van der Waals surface area (Å²) in [6.07, 6.45) is 0.907. The van der Waals surface area contributed by atoms with Crippen LogP contribution in [-0.2, 0) is 11.3 Å². The summed E-state index contributed by atoms with van der Waals surface area (Å²) in [5.41, 5.74) is 1.09. The first-order valence-corrected chi connectivity index (χ1v) is 7.32. The zero-order valence-electron chi connectivity index (χ0n) is 12.3. The van der Waals surface area contributed by atoms with E-state index in [1.807, 2.05) is 19.1 Å². The summed E-state index contributed by atoms with van der Waals surface area (Å²) in [6.45, 7) is 7.59. The van der Waals surface area contributed by atoms with Gasteiger partial charge in [0.25, 0.3) is 5.91 Å². The predicted octanol–water partition coefficient (Wildman–Crippen LogP) is 2.74. The summed E-state index contributed by atoms with van der Waals surface area (Å²) in [7, 11) is 0. The molecule has 0 atom stereocenters. The number of carbonyl (C=O) groups is 1. The molecule has 4 nitrogen and oxygen atoms in total. The lowest BCUT2D eigenvalue weighted by Gasteiger charge is -2.11. The number of amides is 1. The Labute approximate surface area is 125 Å². The number of benzene rings is 1. The van der Waals surface area contributed by atoms with Gasteiger partial charge in [0.1, 0.15) is 5.75 Å². The molecule has 112 valence electrons. The van der Waals surface area contributed by atoms with Gasteiger partial charge >= 0.3 is 0 Å². The molecule has 1 aromatic rings. The quantitative estimate of drug-likeness (QED) is 0.776. The monoisotopic (exact) mass is 298 g/mol. The fourth-order valence-electron chi connectivity index (χ4n) is 1.55. The van der Waals surface area contributed by atoms with Crippen LogP contribution in [0.3, 0.4) is 0 Å². The lowest BCUT2D eigenvalue weighted by Crippen LogP contribution is -2.29. The molecule has 0 aliphatic carbocycles. The van der Waals surface area contributed by atoms with Crippen molar-refractivity contribution in [3.05, 3.63) is 28.8 Å². The maximum Gasteiger partial charge on any atom is 0.257 e. The third kappa shape index (κ3) is 6.26. The van der Waals surface area contributed by atoms with Crippen molar-refractivity contribution >= 4 is 17.5 Å². The Hall–Kier alpha value is -1.26. The highest BCUT2D eigenvalue weighted by atomic mass is 35.5. The van der Waals surface area contributed by atoms with Gasteiger partial charge in [0, 0.05) is 19.1 Å². The van der Waals surface area contributed by atoms with Crippen molar-refractivity contribution < 1.29 is 9.53 Å². The van der Waals surface area contributed by atoms with Gasteiger partial charge in [0.05, 0.1) is 5.02 Å². The minimum Gasteiger partial charge on any atom is -0.482 e. The first-order valence-electron chi connectivity index (χ1n) is 6.94. The first kappa shape index (κ1) is 16.8. The van der Waals surface area contributed by atoms with Crippen LogP contribution in [0.5, 0.6) is 5.75 Å².